The Labute approximate surface area is 123 Å². The van der Waals surface area contributed by atoms with Gasteiger partial charge >= 0.3 is 0 Å². The normalized spacial score (nSPS) is 11.7. The zero-order valence-corrected chi connectivity index (χ0v) is 12.8. The molecule has 0 aliphatic heterocycles. The van der Waals surface area contributed by atoms with Gasteiger partial charge in [0.05, 0.1) is 16.1 Å². The number of aromatic nitrogens is 1. The highest BCUT2D eigenvalue weighted by molar-refractivity contribution is 7.89. The third-order valence-electron chi connectivity index (χ3n) is 2.71. The van der Waals surface area contributed by atoms with Gasteiger partial charge in [-0.15, -0.1) is 11.3 Å². The van der Waals surface area contributed by atoms with Crippen molar-refractivity contribution < 1.29 is 8.42 Å². The lowest BCUT2D eigenvalue weighted by Gasteiger charge is -2.07. The van der Waals surface area contributed by atoms with Crippen molar-refractivity contribution in [1.82, 2.24) is 15.0 Å². The van der Waals surface area contributed by atoms with Gasteiger partial charge in [0.25, 0.3) is 0 Å². The van der Waals surface area contributed by atoms with Crippen LogP contribution < -0.4 is 10.0 Å². The van der Waals surface area contributed by atoms with Gasteiger partial charge in [0, 0.05) is 25.0 Å². The molecule has 0 unspecified atom stereocenters. The van der Waals surface area contributed by atoms with Crippen molar-refractivity contribution in [3.63, 3.8) is 0 Å². The Morgan fingerprint density at radius 2 is 1.95 bits per heavy atom. The number of benzene rings is 1. The second-order valence-electron chi connectivity index (χ2n) is 4.37. The maximum absolute atomic E-state index is 12.0. The summed E-state index contributed by atoms with van der Waals surface area (Å²) in [5, 5.41) is 5.10. The molecule has 2 N–H and O–H groups in total. The highest BCUT2D eigenvalue weighted by Gasteiger charge is 2.12. The molecule has 1 aromatic heterocycles. The summed E-state index contributed by atoms with van der Waals surface area (Å²) >= 11 is 1.54. The van der Waals surface area contributed by atoms with E-state index in [4.69, 9.17) is 0 Å². The summed E-state index contributed by atoms with van der Waals surface area (Å²) in [6, 6.07) is 6.80. The molecule has 108 valence electrons. The standard InChI is InChI=1S/C13H17N3O2S2/c1-11-2-4-13(5-3-11)20(17,18)16-7-6-14-8-12-9-19-10-15-12/h2-5,9-10,14,16H,6-8H2,1H3. The molecule has 1 aromatic carbocycles. The molecule has 0 aliphatic carbocycles. The predicted octanol–water partition coefficient (Wildman–Crippen LogP) is 1.52. The molecule has 7 heteroatoms. The molecule has 0 aliphatic rings. The third kappa shape index (κ3) is 4.38. The first kappa shape index (κ1) is 15.1. The number of nitrogens with one attached hydrogen (secondary N) is 2. The fraction of sp³-hybridized carbons (Fsp3) is 0.308. The number of hydrogen-bond donors (Lipinski definition) is 2. The summed E-state index contributed by atoms with van der Waals surface area (Å²) in [5.41, 5.74) is 3.78. The van der Waals surface area contributed by atoms with Gasteiger partial charge in [-0.25, -0.2) is 18.1 Å². The van der Waals surface area contributed by atoms with Crippen molar-refractivity contribution in [2.75, 3.05) is 13.1 Å². The molecule has 0 amide bonds. The topological polar surface area (TPSA) is 71.1 Å². The number of sulfonamides is 1. The van der Waals surface area contributed by atoms with E-state index in [1.165, 1.54) is 0 Å². The molecular weight excluding hydrogens is 294 g/mol. The van der Waals surface area contributed by atoms with Crippen LogP contribution in [0.3, 0.4) is 0 Å². The van der Waals surface area contributed by atoms with Gasteiger partial charge < -0.3 is 5.32 Å². The summed E-state index contributed by atoms with van der Waals surface area (Å²) in [7, 11) is -3.41. The van der Waals surface area contributed by atoms with E-state index in [2.05, 4.69) is 15.0 Å². The number of thiazole rings is 1. The van der Waals surface area contributed by atoms with Crippen molar-refractivity contribution in [2.45, 2.75) is 18.4 Å². The summed E-state index contributed by atoms with van der Waals surface area (Å²) < 4.78 is 26.5. The monoisotopic (exact) mass is 311 g/mol. The second kappa shape index (κ2) is 6.94. The average Bonchev–Trinajstić information content (AvgIpc) is 2.92. The molecule has 2 rings (SSSR count). The van der Waals surface area contributed by atoms with Crippen LogP contribution in [-0.4, -0.2) is 26.5 Å². The predicted molar refractivity (Wildman–Crippen MR) is 80.2 cm³/mol. The fourth-order valence-corrected chi connectivity index (χ4v) is 3.21. The lowest BCUT2D eigenvalue weighted by molar-refractivity contribution is 0.575. The minimum atomic E-state index is -3.41. The average molecular weight is 311 g/mol. The molecule has 20 heavy (non-hydrogen) atoms. The number of aryl methyl sites for hydroxylation is 1. The van der Waals surface area contributed by atoms with Gasteiger partial charge in [-0.05, 0) is 19.1 Å². The maximum Gasteiger partial charge on any atom is 0.240 e. The van der Waals surface area contributed by atoms with E-state index in [0.29, 0.717) is 24.5 Å². The highest BCUT2D eigenvalue weighted by atomic mass is 32.2. The van der Waals surface area contributed by atoms with Gasteiger partial charge in [-0.3, -0.25) is 0 Å². The van der Waals surface area contributed by atoms with E-state index in [-0.39, 0.29) is 0 Å². The summed E-state index contributed by atoms with van der Waals surface area (Å²) in [6.45, 7) is 3.48. The molecule has 0 radical (unpaired) electrons. The van der Waals surface area contributed by atoms with Crippen LogP contribution in [0.2, 0.25) is 0 Å². The van der Waals surface area contributed by atoms with E-state index in [1.54, 1.807) is 41.1 Å². The van der Waals surface area contributed by atoms with Gasteiger partial charge in [0.15, 0.2) is 0 Å². The number of hydrogen-bond acceptors (Lipinski definition) is 5. The van der Waals surface area contributed by atoms with Crippen molar-refractivity contribution in [1.29, 1.82) is 0 Å². The number of nitrogens with zero attached hydrogens (tertiary/aromatic N) is 1. The third-order valence-corrected chi connectivity index (χ3v) is 4.83. The van der Waals surface area contributed by atoms with Crippen LogP contribution in [0, 0.1) is 6.92 Å². The summed E-state index contributed by atoms with van der Waals surface area (Å²) in [5.74, 6) is 0. The van der Waals surface area contributed by atoms with E-state index in [9.17, 15) is 8.42 Å². The Kier molecular flexibility index (Phi) is 5.24. The Bertz CT molecular complexity index is 622. The van der Waals surface area contributed by atoms with E-state index in [0.717, 1.165) is 11.3 Å². The summed E-state index contributed by atoms with van der Waals surface area (Å²) in [4.78, 5) is 4.43. The zero-order valence-electron chi connectivity index (χ0n) is 11.2. The van der Waals surface area contributed by atoms with E-state index in [1.807, 2.05) is 12.3 Å². The van der Waals surface area contributed by atoms with Crippen LogP contribution in [0.25, 0.3) is 0 Å². The van der Waals surface area contributed by atoms with Crippen molar-refractivity contribution in [3.8, 4) is 0 Å². The van der Waals surface area contributed by atoms with Crippen LogP contribution >= 0.6 is 11.3 Å². The SMILES string of the molecule is Cc1ccc(S(=O)(=O)NCCNCc2cscn2)cc1. The van der Waals surface area contributed by atoms with Gasteiger partial charge in [-0.2, -0.15) is 0 Å². The van der Waals surface area contributed by atoms with Crippen LogP contribution in [0.5, 0.6) is 0 Å². The Balaban J connectivity index is 1.76. The number of rotatable bonds is 7. The molecule has 2 aromatic rings. The summed E-state index contributed by atoms with van der Waals surface area (Å²) in [6.07, 6.45) is 0. The first-order valence-corrected chi connectivity index (χ1v) is 8.65. The first-order chi connectivity index (χ1) is 9.58. The van der Waals surface area contributed by atoms with Gasteiger partial charge in [0.2, 0.25) is 10.0 Å². The molecular formula is C13H17N3O2S2. The van der Waals surface area contributed by atoms with Gasteiger partial charge in [0.1, 0.15) is 0 Å². The van der Waals surface area contributed by atoms with Crippen molar-refractivity contribution in [2.24, 2.45) is 0 Å². The fourth-order valence-electron chi connectivity index (χ4n) is 1.62. The maximum atomic E-state index is 12.0. The first-order valence-electron chi connectivity index (χ1n) is 6.22. The second-order valence-corrected chi connectivity index (χ2v) is 6.85. The molecule has 5 nitrogen and oxygen atoms in total. The Hall–Kier alpha value is -1.28. The molecule has 0 atom stereocenters. The van der Waals surface area contributed by atoms with Crippen molar-refractivity contribution in [3.05, 3.63) is 46.4 Å². The minimum absolute atomic E-state index is 0.294. The molecule has 0 fully saturated rings. The van der Waals surface area contributed by atoms with E-state index < -0.39 is 10.0 Å². The van der Waals surface area contributed by atoms with Crippen molar-refractivity contribution >= 4 is 21.4 Å². The van der Waals surface area contributed by atoms with Crippen LogP contribution in [0.1, 0.15) is 11.3 Å². The molecule has 0 bridgehead atoms. The smallest absolute Gasteiger partial charge is 0.240 e. The van der Waals surface area contributed by atoms with Gasteiger partial charge in [-0.1, -0.05) is 17.7 Å². The van der Waals surface area contributed by atoms with E-state index >= 15 is 0 Å². The quantitative estimate of drug-likeness (QED) is 0.761. The Morgan fingerprint density at radius 1 is 1.20 bits per heavy atom. The highest BCUT2D eigenvalue weighted by Crippen LogP contribution is 2.09. The molecule has 1 heterocycles. The lowest BCUT2D eigenvalue weighted by atomic mass is 10.2. The zero-order chi connectivity index (χ0) is 14.4. The Morgan fingerprint density at radius 3 is 2.60 bits per heavy atom. The van der Waals surface area contributed by atoms with Crippen LogP contribution in [0.4, 0.5) is 0 Å². The molecule has 0 spiro atoms. The van der Waals surface area contributed by atoms with Crippen LogP contribution in [-0.2, 0) is 16.6 Å². The molecule has 0 saturated heterocycles. The largest absolute Gasteiger partial charge is 0.310 e. The van der Waals surface area contributed by atoms with Crippen LogP contribution in [0.15, 0.2) is 40.1 Å². The molecule has 0 saturated carbocycles. The minimum Gasteiger partial charge on any atom is -0.310 e. The lowest BCUT2D eigenvalue weighted by Crippen LogP contribution is -2.31.